The fourth-order valence-electron chi connectivity index (χ4n) is 1.87. The molecule has 2 N–H and O–H groups in total. The normalized spacial score (nSPS) is 11.7. The Morgan fingerprint density at radius 2 is 2.16 bits per heavy atom. The zero-order chi connectivity index (χ0) is 14.1. The van der Waals surface area contributed by atoms with Crippen LogP contribution >= 0.6 is 0 Å². The molecule has 1 atom stereocenters. The number of hydrogen-bond acceptors (Lipinski definition) is 4. The van der Waals surface area contributed by atoms with E-state index < -0.39 is 0 Å². The van der Waals surface area contributed by atoms with Gasteiger partial charge in [0.05, 0.1) is 19.8 Å². The van der Waals surface area contributed by atoms with Gasteiger partial charge in [0.1, 0.15) is 0 Å². The Kier molecular flexibility index (Phi) is 6.76. The number of methoxy groups -OCH3 is 1. The van der Waals surface area contributed by atoms with Crippen molar-refractivity contribution in [3.63, 3.8) is 0 Å². The summed E-state index contributed by atoms with van der Waals surface area (Å²) < 4.78 is 11.1. The Hall–Kier alpha value is -1.73. The molecule has 0 fully saturated rings. The zero-order valence-corrected chi connectivity index (χ0v) is 11.7. The van der Waals surface area contributed by atoms with Crippen molar-refractivity contribution in [3.05, 3.63) is 23.8 Å². The molecule has 0 aliphatic rings. The molecule has 0 aliphatic carbocycles. The number of nitrogens with two attached hydrogens (primary N) is 1. The molecule has 0 saturated carbocycles. The number of ether oxygens (including phenoxy) is 2. The molecule has 0 aliphatic heterocycles. The van der Waals surface area contributed by atoms with Crippen molar-refractivity contribution in [3.8, 4) is 17.6 Å². The third-order valence-corrected chi connectivity index (χ3v) is 2.75. The van der Waals surface area contributed by atoms with Crippen LogP contribution in [0, 0.1) is 11.3 Å². The molecule has 0 heterocycles. The largest absolute Gasteiger partial charge is 0.493 e. The predicted molar refractivity (Wildman–Crippen MR) is 75.3 cm³/mol. The summed E-state index contributed by atoms with van der Waals surface area (Å²) >= 11 is 0. The van der Waals surface area contributed by atoms with Gasteiger partial charge in [-0.15, -0.1) is 0 Å². The Balaban J connectivity index is 2.69. The van der Waals surface area contributed by atoms with E-state index in [4.69, 9.17) is 20.5 Å². The van der Waals surface area contributed by atoms with E-state index in [2.05, 4.69) is 6.07 Å². The number of benzene rings is 1. The highest BCUT2D eigenvalue weighted by atomic mass is 16.5. The van der Waals surface area contributed by atoms with Crippen molar-refractivity contribution in [2.24, 2.45) is 5.73 Å². The summed E-state index contributed by atoms with van der Waals surface area (Å²) in [6.45, 7) is 2.56. The van der Waals surface area contributed by atoms with E-state index in [-0.39, 0.29) is 6.04 Å². The maximum atomic E-state index is 8.48. The van der Waals surface area contributed by atoms with Crippen LogP contribution in [0.4, 0.5) is 0 Å². The van der Waals surface area contributed by atoms with Crippen LogP contribution in [0.1, 0.15) is 31.7 Å². The van der Waals surface area contributed by atoms with Gasteiger partial charge in [-0.1, -0.05) is 12.1 Å². The maximum absolute atomic E-state index is 8.48. The molecule has 4 heteroatoms. The summed E-state index contributed by atoms with van der Waals surface area (Å²) in [5, 5.41) is 8.48. The van der Waals surface area contributed by atoms with Crippen molar-refractivity contribution in [1.82, 2.24) is 0 Å². The number of unbranched alkanes of at least 4 members (excludes halogenated alkanes) is 2. The quantitative estimate of drug-likeness (QED) is 0.731. The minimum atomic E-state index is 0.0769. The Labute approximate surface area is 115 Å². The monoisotopic (exact) mass is 262 g/mol. The fraction of sp³-hybridized carbons (Fsp3) is 0.533. The second-order valence-electron chi connectivity index (χ2n) is 4.59. The van der Waals surface area contributed by atoms with Gasteiger partial charge in [-0.3, -0.25) is 0 Å². The molecular weight excluding hydrogens is 240 g/mol. The van der Waals surface area contributed by atoms with Crippen LogP contribution in [0.5, 0.6) is 11.5 Å². The lowest BCUT2D eigenvalue weighted by molar-refractivity contribution is 0.283. The van der Waals surface area contributed by atoms with Crippen LogP contribution in [0.25, 0.3) is 0 Å². The molecule has 1 aromatic carbocycles. The first kappa shape index (κ1) is 15.3. The van der Waals surface area contributed by atoms with E-state index in [1.54, 1.807) is 7.11 Å². The molecule has 0 saturated heterocycles. The van der Waals surface area contributed by atoms with Crippen molar-refractivity contribution in [1.29, 1.82) is 5.26 Å². The molecule has 4 nitrogen and oxygen atoms in total. The highest BCUT2D eigenvalue weighted by Gasteiger charge is 2.11. The van der Waals surface area contributed by atoms with Gasteiger partial charge < -0.3 is 15.2 Å². The fourth-order valence-corrected chi connectivity index (χ4v) is 1.87. The van der Waals surface area contributed by atoms with Crippen LogP contribution in [-0.2, 0) is 6.42 Å². The first-order valence-corrected chi connectivity index (χ1v) is 6.60. The number of nitrogens with zero attached hydrogens (tertiary/aromatic N) is 1. The topological polar surface area (TPSA) is 68.3 Å². The molecule has 1 unspecified atom stereocenters. The smallest absolute Gasteiger partial charge is 0.164 e. The lowest BCUT2D eigenvalue weighted by Crippen LogP contribution is -2.18. The lowest BCUT2D eigenvalue weighted by atomic mass is 10.1. The average Bonchev–Trinajstić information content (AvgIpc) is 2.39. The second-order valence-corrected chi connectivity index (χ2v) is 4.59. The van der Waals surface area contributed by atoms with Gasteiger partial charge in [-0.05, 0) is 37.8 Å². The van der Waals surface area contributed by atoms with E-state index in [0.717, 1.165) is 36.3 Å². The van der Waals surface area contributed by atoms with Gasteiger partial charge in [0.2, 0.25) is 0 Å². The van der Waals surface area contributed by atoms with Crippen LogP contribution in [0.15, 0.2) is 18.2 Å². The van der Waals surface area contributed by atoms with E-state index in [0.29, 0.717) is 13.0 Å². The first-order valence-electron chi connectivity index (χ1n) is 6.60. The molecule has 0 aromatic heterocycles. The lowest BCUT2D eigenvalue weighted by Gasteiger charge is -2.16. The van der Waals surface area contributed by atoms with Gasteiger partial charge in [0, 0.05) is 12.5 Å². The summed E-state index contributed by atoms with van der Waals surface area (Å²) in [5.41, 5.74) is 6.91. The molecular formula is C15H22N2O2. The van der Waals surface area contributed by atoms with Gasteiger partial charge in [-0.2, -0.15) is 5.26 Å². The van der Waals surface area contributed by atoms with Crippen LogP contribution < -0.4 is 15.2 Å². The predicted octanol–water partition coefficient (Wildman–Crippen LogP) is 2.66. The van der Waals surface area contributed by atoms with Crippen molar-refractivity contribution >= 4 is 0 Å². The number of hydrogen-bond donors (Lipinski definition) is 1. The second kappa shape index (κ2) is 8.39. The Morgan fingerprint density at radius 3 is 2.79 bits per heavy atom. The summed E-state index contributed by atoms with van der Waals surface area (Å²) in [4.78, 5) is 0. The van der Waals surface area contributed by atoms with Crippen molar-refractivity contribution in [2.45, 2.75) is 38.6 Å². The van der Waals surface area contributed by atoms with E-state index in [1.807, 2.05) is 25.1 Å². The van der Waals surface area contributed by atoms with Crippen molar-refractivity contribution in [2.75, 3.05) is 13.7 Å². The number of para-hydroxylation sites is 1. The molecule has 0 spiro atoms. The van der Waals surface area contributed by atoms with Crippen LogP contribution in [0.3, 0.4) is 0 Å². The summed E-state index contributed by atoms with van der Waals surface area (Å²) in [6.07, 6.45) is 3.05. The van der Waals surface area contributed by atoms with Gasteiger partial charge in [0.15, 0.2) is 11.5 Å². The van der Waals surface area contributed by atoms with Gasteiger partial charge in [-0.25, -0.2) is 0 Å². The molecule has 0 amide bonds. The third-order valence-electron chi connectivity index (χ3n) is 2.75. The van der Waals surface area contributed by atoms with Crippen LogP contribution in [0.2, 0.25) is 0 Å². The molecule has 0 bridgehead atoms. The van der Waals surface area contributed by atoms with Gasteiger partial charge >= 0.3 is 0 Å². The highest BCUT2D eigenvalue weighted by Crippen LogP contribution is 2.32. The van der Waals surface area contributed by atoms with Gasteiger partial charge in [0.25, 0.3) is 0 Å². The van der Waals surface area contributed by atoms with Crippen LogP contribution in [-0.4, -0.2) is 19.8 Å². The van der Waals surface area contributed by atoms with E-state index >= 15 is 0 Å². The Morgan fingerprint density at radius 1 is 1.37 bits per heavy atom. The minimum absolute atomic E-state index is 0.0769. The number of rotatable bonds is 8. The zero-order valence-electron chi connectivity index (χ0n) is 11.7. The number of nitriles is 1. The summed E-state index contributed by atoms with van der Waals surface area (Å²) in [5.74, 6) is 1.51. The SMILES string of the molecule is COc1cccc(CC(C)N)c1OCCCCC#N. The standard InChI is InChI=1S/C15H22N2O2/c1-12(17)11-13-7-6-8-14(18-2)15(13)19-10-5-3-4-9-16/h6-8,12H,3-5,10-11,17H2,1-2H3. The molecule has 1 rings (SSSR count). The summed E-state index contributed by atoms with van der Waals surface area (Å²) in [6, 6.07) is 8.04. The molecule has 19 heavy (non-hydrogen) atoms. The maximum Gasteiger partial charge on any atom is 0.164 e. The average molecular weight is 262 g/mol. The molecule has 104 valence electrons. The Bertz CT molecular complexity index is 425. The summed E-state index contributed by atoms with van der Waals surface area (Å²) in [7, 11) is 1.63. The highest BCUT2D eigenvalue weighted by molar-refractivity contribution is 5.47. The third kappa shape index (κ3) is 5.19. The molecule has 0 radical (unpaired) electrons. The van der Waals surface area contributed by atoms with Crippen molar-refractivity contribution < 1.29 is 9.47 Å². The first-order chi connectivity index (χ1) is 9.19. The van der Waals surface area contributed by atoms with E-state index in [9.17, 15) is 0 Å². The minimum Gasteiger partial charge on any atom is -0.493 e. The molecule has 1 aromatic rings. The van der Waals surface area contributed by atoms with E-state index in [1.165, 1.54) is 0 Å².